The van der Waals surface area contributed by atoms with Crippen LogP contribution in [0.25, 0.3) is 0 Å². The lowest BCUT2D eigenvalue weighted by molar-refractivity contribution is 0.0936. The summed E-state index contributed by atoms with van der Waals surface area (Å²) in [5.41, 5.74) is 2.53. The number of nitrogens with zero attached hydrogens (tertiary/aromatic N) is 1. The number of likely N-dealkylation sites (N-methyl/N-ethyl adjacent to an activating group) is 1. The van der Waals surface area contributed by atoms with Crippen molar-refractivity contribution in [3.8, 4) is 5.75 Å². The predicted molar refractivity (Wildman–Crippen MR) is 99.9 cm³/mol. The molecule has 0 radical (unpaired) electrons. The Kier molecular flexibility index (Phi) is 5.39. The zero-order valence-corrected chi connectivity index (χ0v) is 14.9. The summed E-state index contributed by atoms with van der Waals surface area (Å²) in [5.74, 6) is -0.194. The highest BCUT2D eigenvalue weighted by Crippen LogP contribution is 2.26. The molecule has 2 N–H and O–H groups in total. The standard InChI is InChI=1S/C21H26N2O2/c1-15(23(2)18-9-10-18)14-22-21(25)19-13-17(8-11-20(19)24)12-16-6-4-3-5-7-16/h3-8,11,13,15,18,24H,9-10,12,14H2,1-2H3,(H,22,25). The second-order valence-electron chi connectivity index (χ2n) is 6.97. The molecule has 1 unspecified atom stereocenters. The molecule has 1 fully saturated rings. The van der Waals surface area contributed by atoms with Crippen LogP contribution in [-0.2, 0) is 6.42 Å². The molecule has 1 saturated carbocycles. The zero-order chi connectivity index (χ0) is 17.8. The van der Waals surface area contributed by atoms with Crippen LogP contribution in [-0.4, -0.2) is 41.6 Å². The van der Waals surface area contributed by atoms with Crippen LogP contribution in [0.4, 0.5) is 0 Å². The van der Waals surface area contributed by atoms with E-state index in [0.29, 0.717) is 18.2 Å². The molecule has 0 spiro atoms. The van der Waals surface area contributed by atoms with Crippen molar-refractivity contribution in [2.75, 3.05) is 13.6 Å². The maximum absolute atomic E-state index is 12.5. The lowest BCUT2D eigenvalue weighted by Crippen LogP contribution is -2.41. The van der Waals surface area contributed by atoms with E-state index in [2.05, 4.69) is 36.3 Å². The van der Waals surface area contributed by atoms with E-state index < -0.39 is 0 Å². The Morgan fingerprint density at radius 3 is 2.60 bits per heavy atom. The van der Waals surface area contributed by atoms with Crippen LogP contribution in [0.15, 0.2) is 48.5 Å². The Morgan fingerprint density at radius 1 is 1.20 bits per heavy atom. The first-order valence-corrected chi connectivity index (χ1v) is 8.90. The second kappa shape index (κ2) is 7.70. The Hall–Kier alpha value is -2.33. The number of benzene rings is 2. The van der Waals surface area contributed by atoms with Crippen molar-refractivity contribution in [1.29, 1.82) is 0 Å². The maximum atomic E-state index is 12.5. The van der Waals surface area contributed by atoms with Gasteiger partial charge < -0.3 is 10.4 Å². The largest absolute Gasteiger partial charge is 0.507 e. The summed E-state index contributed by atoms with van der Waals surface area (Å²) >= 11 is 0. The number of amides is 1. The van der Waals surface area contributed by atoms with Gasteiger partial charge in [-0.05, 0) is 56.5 Å². The zero-order valence-electron chi connectivity index (χ0n) is 14.9. The fourth-order valence-corrected chi connectivity index (χ4v) is 3.03. The van der Waals surface area contributed by atoms with E-state index in [0.717, 1.165) is 12.0 Å². The molecule has 0 heterocycles. The number of aromatic hydroxyl groups is 1. The van der Waals surface area contributed by atoms with Crippen molar-refractivity contribution in [1.82, 2.24) is 10.2 Å². The van der Waals surface area contributed by atoms with Crippen LogP contribution >= 0.6 is 0 Å². The molecule has 2 aromatic rings. The predicted octanol–water partition coefficient (Wildman–Crippen LogP) is 3.20. The average Bonchev–Trinajstić information content (AvgIpc) is 3.46. The van der Waals surface area contributed by atoms with E-state index in [1.807, 2.05) is 24.3 Å². The van der Waals surface area contributed by atoms with Gasteiger partial charge in [0.05, 0.1) is 5.56 Å². The summed E-state index contributed by atoms with van der Waals surface area (Å²) < 4.78 is 0. The number of phenolic OH excluding ortho intramolecular Hbond substituents is 1. The number of nitrogens with one attached hydrogen (secondary N) is 1. The number of phenols is 1. The van der Waals surface area contributed by atoms with Gasteiger partial charge in [-0.3, -0.25) is 9.69 Å². The molecule has 3 rings (SSSR count). The maximum Gasteiger partial charge on any atom is 0.255 e. The summed E-state index contributed by atoms with van der Waals surface area (Å²) in [5, 5.41) is 13.0. The molecule has 0 bridgehead atoms. The molecule has 1 aliphatic carbocycles. The Morgan fingerprint density at radius 2 is 1.92 bits per heavy atom. The highest BCUT2D eigenvalue weighted by Gasteiger charge is 2.29. The molecule has 1 aliphatic rings. The molecule has 4 nitrogen and oxygen atoms in total. The number of rotatable bonds is 7. The van der Waals surface area contributed by atoms with Crippen molar-refractivity contribution >= 4 is 5.91 Å². The fourth-order valence-electron chi connectivity index (χ4n) is 3.03. The monoisotopic (exact) mass is 338 g/mol. The molecule has 1 amide bonds. The molecule has 0 aliphatic heterocycles. The normalized spacial score (nSPS) is 15.2. The minimum Gasteiger partial charge on any atom is -0.507 e. The van der Waals surface area contributed by atoms with Crippen LogP contribution < -0.4 is 5.32 Å². The van der Waals surface area contributed by atoms with Gasteiger partial charge in [-0.1, -0.05) is 36.4 Å². The Bertz CT molecular complexity index is 726. The number of hydrogen-bond donors (Lipinski definition) is 2. The highest BCUT2D eigenvalue weighted by atomic mass is 16.3. The minimum atomic E-state index is -0.219. The van der Waals surface area contributed by atoms with Gasteiger partial charge in [0.1, 0.15) is 5.75 Å². The first-order valence-electron chi connectivity index (χ1n) is 8.90. The van der Waals surface area contributed by atoms with Gasteiger partial charge >= 0.3 is 0 Å². The summed E-state index contributed by atoms with van der Waals surface area (Å²) in [6, 6.07) is 16.3. The molecule has 2 aromatic carbocycles. The molecular formula is C21H26N2O2. The Balaban J connectivity index is 1.64. The van der Waals surface area contributed by atoms with Gasteiger partial charge in [0.15, 0.2) is 0 Å². The molecule has 0 aromatic heterocycles. The van der Waals surface area contributed by atoms with Crippen molar-refractivity contribution in [3.63, 3.8) is 0 Å². The summed E-state index contributed by atoms with van der Waals surface area (Å²) in [6.07, 6.45) is 3.23. The lowest BCUT2D eigenvalue weighted by atomic mass is 10.0. The van der Waals surface area contributed by atoms with Crippen LogP contribution in [0.1, 0.15) is 41.3 Å². The molecule has 25 heavy (non-hydrogen) atoms. The van der Waals surface area contributed by atoms with E-state index in [-0.39, 0.29) is 17.7 Å². The number of hydrogen-bond acceptors (Lipinski definition) is 3. The summed E-state index contributed by atoms with van der Waals surface area (Å²) in [6.45, 7) is 2.69. The molecule has 4 heteroatoms. The number of carbonyl (C=O) groups excluding carboxylic acids is 1. The Labute approximate surface area is 149 Å². The van der Waals surface area contributed by atoms with Crippen molar-refractivity contribution in [2.45, 2.75) is 38.3 Å². The van der Waals surface area contributed by atoms with Gasteiger partial charge in [-0.25, -0.2) is 0 Å². The average molecular weight is 338 g/mol. The second-order valence-corrected chi connectivity index (χ2v) is 6.97. The third kappa shape index (κ3) is 4.60. The van der Waals surface area contributed by atoms with Crippen molar-refractivity contribution in [3.05, 3.63) is 65.2 Å². The van der Waals surface area contributed by atoms with Gasteiger partial charge in [0.2, 0.25) is 0 Å². The molecule has 1 atom stereocenters. The van der Waals surface area contributed by atoms with Gasteiger partial charge in [0, 0.05) is 18.6 Å². The van der Waals surface area contributed by atoms with Gasteiger partial charge in [-0.2, -0.15) is 0 Å². The summed E-state index contributed by atoms with van der Waals surface area (Å²) in [4.78, 5) is 14.8. The van der Waals surface area contributed by atoms with Gasteiger partial charge in [0.25, 0.3) is 5.91 Å². The quantitative estimate of drug-likeness (QED) is 0.815. The van der Waals surface area contributed by atoms with E-state index in [9.17, 15) is 9.90 Å². The van der Waals surface area contributed by atoms with Crippen LogP contribution in [0.3, 0.4) is 0 Å². The van der Waals surface area contributed by atoms with Crippen molar-refractivity contribution in [2.24, 2.45) is 0 Å². The number of carbonyl (C=O) groups is 1. The molecule has 0 saturated heterocycles. The van der Waals surface area contributed by atoms with E-state index in [1.165, 1.54) is 18.4 Å². The first kappa shape index (κ1) is 17.5. The highest BCUT2D eigenvalue weighted by molar-refractivity contribution is 5.97. The smallest absolute Gasteiger partial charge is 0.255 e. The third-order valence-corrected chi connectivity index (χ3v) is 4.93. The topological polar surface area (TPSA) is 52.6 Å². The lowest BCUT2D eigenvalue weighted by Gasteiger charge is -2.24. The van der Waals surface area contributed by atoms with E-state index >= 15 is 0 Å². The third-order valence-electron chi connectivity index (χ3n) is 4.93. The fraction of sp³-hybridized carbons (Fsp3) is 0.381. The summed E-state index contributed by atoms with van der Waals surface area (Å²) in [7, 11) is 2.10. The SMILES string of the molecule is CC(CNC(=O)c1cc(Cc2ccccc2)ccc1O)N(C)C1CC1. The van der Waals surface area contributed by atoms with Crippen molar-refractivity contribution < 1.29 is 9.90 Å². The van der Waals surface area contributed by atoms with Gasteiger partial charge in [-0.15, -0.1) is 0 Å². The van der Waals surface area contributed by atoms with Crippen LogP contribution in [0.5, 0.6) is 5.75 Å². The van der Waals surface area contributed by atoms with E-state index in [1.54, 1.807) is 12.1 Å². The minimum absolute atomic E-state index is 0.0255. The van der Waals surface area contributed by atoms with Crippen LogP contribution in [0, 0.1) is 0 Å². The molecule has 132 valence electrons. The van der Waals surface area contributed by atoms with E-state index in [4.69, 9.17) is 0 Å². The van der Waals surface area contributed by atoms with Crippen LogP contribution in [0.2, 0.25) is 0 Å². The molecular weight excluding hydrogens is 312 g/mol. The first-order chi connectivity index (χ1) is 12.0.